The molecule has 0 aliphatic carbocycles. The fourth-order valence-corrected chi connectivity index (χ4v) is 3.07. The number of likely N-dealkylation sites (N-methyl/N-ethyl adjacent to an activating group) is 1. The molecule has 112 valence electrons. The highest BCUT2D eigenvalue weighted by molar-refractivity contribution is 7.13. The molecule has 4 nitrogen and oxygen atoms in total. The summed E-state index contributed by atoms with van der Waals surface area (Å²) in [6.07, 6.45) is 0. The van der Waals surface area contributed by atoms with Crippen LogP contribution in [-0.2, 0) is 17.2 Å². The monoisotopic (exact) mass is 323 g/mol. The van der Waals surface area contributed by atoms with E-state index in [2.05, 4.69) is 17.1 Å². The summed E-state index contributed by atoms with van der Waals surface area (Å²) in [4.78, 5) is 17.5. The Bertz CT molecular complexity index is 597. The lowest BCUT2D eigenvalue weighted by atomic mass is 10.1. The molecule has 0 bridgehead atoms. The average Bonchev–Trinajstić information content (AvgIpc) is 2.96. The molecule has 1 amide bonds. The molecular formula is C15H18ClN3OS. The van der Waals surface area contributed by atoms with Crippen molar-refractivity contribution in [2.75, 3.05) is 13.1 Å². The normalized spacial score (nSPS) is 11.0. The Labute approximate surface area is 133 Å². The highest BCUT2D eigenvalue weighted by Crippen LogP contribution is 2.24. The largest absolute Gasteiger partial charge is 0.369 e. The number of rotatable bonds is 7. The van der Waals surface area contributed by atoms with Crippen LogP contribution in [0.5, 0.6) is 0 Å². The third kappa shape index (κ3) is 4.52. The van der Waals surface area contributed by atoms with Gasteiger partial charge in [0.25, 0.3) is 0 Å². The summed E-state index contributed by atoms with van der Waals surface area (Å²) >= 11 is 7.36. The van der Waals surface area contributed by atoms with Crippen LogP contribution in [-0.4, -0.2) is 28.9 Å². The number of benzene rings is 1. The van der Waals surface area contributed by atoms with Crippen molar-refractivity contribution in [2.24, 2.45) is 5.73 Å². The van der Waals surface area contributed by atoms with E-state index in [-0.39, 0.29) is 12.5 Å². The van der Waals surface area contributed by atoms with Crippen LogP contribution in [0.2, 0.25) is 0 Å². The quantitative estimate of drug-likeness (QED) is 0.797. The summed E-state index contributed by atoms with van der Waals surface area (Å²) in [5.41, 5.74) is 8.37. The molecule has 6 heteroatoms. The fourth-order valence-electron chi connectivity index (χ4n) is 2.01. The smallest absolute Gasteiger partial charge is 0.231 e. The Morgan fingerprint density at radius 3 is 2.62 bits per heavy atom. The maximum Gasteiger partial charge on any atom is 0.231 e. The van der Waals surface area contributed by atoms with Crippen LogP contribution < -0.4 is 5.73 Å². The van der Waals surface area contributed by atoms with Gasteiger partial charge < -0.3 is 5.73 Å². The van der Waals surface area contributed by atoms with Crippen LogP contribution in [0.15, 0.2) is 29.6 Å². The van der Waals surface area contributed by atoms with Gasteiger partial charge in [-0.25, -0.2) is 4.98 Å². The van der Waals surface area contributed by atoms with E-state index in [4.69, 9.17) is 17.3 Å². The van der Waals surface area contributed by atoms with Crippen molar-refractivity contribution in [1.29, 1.82) is 0 Å². The zero-order valence-electron chi connectivity index (χ0n) is 11.9. The van der Waals surface area contributed by atoms with Crippen LogP contribution in [0, 0.1) is 0 Å². The second kappa shape index (κ2) is 7.54. The standard InChI is InChI=1S/C15H18ClN3OS/c1-2-19(9-14(17)20)8-11-3-5-12(6-4-11)15-18-13(7-16)10-21-15/h3-6,10H,2,7-9H2,1H3,(H2,17,20). The van der Waals surface area contributed by atoms with Crippen molar-refractivity contribution in [2.45, 2.75) is 19.3 Å². The molecule has 2 rings (SSSR count). The van der Waals surface area contributed by atoms with Crippen LogP contribution in [0.1, 0.15) is 18.2 Å². The zero-order chi connectivity index (χ0) is 15.2. The number of primary amides is 1. The molecule has 2 N–H and O–H groups in total. The van der Waals surface area contributed by atoms with Crippen molar-refractivity contribution >= 4 is 28.8 Å². The Hall–Kier alpha value is -1.43. The topological polar surface area (TPSA) is 59.2 Å². The molecular weight excluding hydrogens is 306 g/mol. The van der Waals surface area contributed by atoms with Gasteiger partial charge in [-0.1, -0.05) is 31.2 Å². The maximum atomic E-state index is 11.0. The van der Waals surface area contributed by atoms with Crippen molar-refractivity contribution in [3.8, 4) is 10.6 Å². The molecule has 1 heterocycles. The number of aromatic nitrogens is 1. The Kier molecular flexibility index (Phi) is 5.73. The van der Waals surface area contributed by atoms with Gasteiger partial charge in [-0.2, -0.15) is 0 Å². The molecule has 0 radical (unpaired) electrons. The SMILES string of the molecule is CCN(CC(N)=O)Cc1ccc(-c2nc(CCl)cs2)cc1. The molecule has 0 spiro atoms. The van der Waals surface area contributed by atoms with Gasteiger partial charge in [0.15, 0.2) is 0 Å². The summed E-state index contributed by atoms with van der Waals surface area (Å²) in [5, 5.41) is 2.95. The lowest BCUT2D eigenvalue weighted by Gasteiger charge is -2.18. The van der Waals surface area contributed by atoms with Crippen molar-refractivity contribution in [3.63, 3.8) is 0 Å². The summed E-state index contributed by atoms with van der Waals surface area (Å²) in [6.45, 7) is 3.80. The molecule has 0 saturated heterocycles. The van der Waals surface area contributed by atoms with Crippen LogP contribution in [0.3, 0.4) is 0 Å². The average molecular weight is 324 g/mol. The van der Waals surface area contributed by atoms with Gasteiger partial charge in [-0.05, 0) is 12.1 Å². The van der Waals surface area contributed by atoms with Gasteiger partial charge in [0.2, 0.25) is 5.91 Å². The van der Waals surface area contributed by atoms with E-state index in [0.29, 0.717) is 12.4 Å². The highest BCUT2D eigenvalue weighted by atomic mass is 35.5. The van der Waals surface area contributed by atoms with E-state index in [0.717, 1.165) is 28.4 Å². The minimum absolute atomic E-state index is 0.282. The third-order valence-corrected chi connectivity index (χ3v) is 4.34. The highest BCUT2D eigenvalue weighted by Gasteiger charge is 2.08. The minimum atomic E-state index is -0.301. The first kappa shape index (κ1) is 15.9. The van der Waals surface area contributed by atoms with E-state index in [1.807, 2.05) is 29.3 Å². The van der Waals surface area contributed by atoms with E-state index in [1.54, 1.807) is 11.3 Å². The number of thiazole rings is 1. The molecule has 21 heavy (non-hydrogen) atoms. The number of hydrogen-bond acceptors (Lipinski definition) is 4. The molecule has 0 saturated carbocycles. The Morgan fingerprint density at radius 1 is 1.38 bits per heavy atom. The van der Waals surface area contributed by atoms with Crippen LogP contribution in [0.4, 0.5) is 0 Å². The first-order valence-electron chi connectivity index (χ1n) is 6.72. The number of nitrogens with zero attached hydrogens (tertiary/aromatic N) is 2. The van der Waals surface area contributed by atoms with Gasteiger partial charge >= 0.3 is 0 Å². The lowest BCUT2D eigenvalue weighted by molar-refractivity contribution is -0.119. The van der Waals surface area contributed by atoms with E-state index < -0.39 is 0 Å². The van der Waals surface area contributed by atoms with Crippen molar-refractivity contribution in [3.05, 3.63) is 40.9 Å². The maximum absolute atomic E-state index is 11.0. The Balaban J connectivity index is 2.06. The van der Waals surface area contributed by atoms with E-state index >= 15 is 0 Å². The number of alkyl halides is 1. The number of halogens is 1. The number of nitrogens with two attached hydrogens (primary N) is 1. The molecule has 0 unspecified atom stereocenters. The van der Waals surface area contributed by atoms with Gasteiger partial charge in [-0.3, -0.25) is 9.69 Å². The van der Waals surface area contributed by atoms with Crippen molar-refractivity contribution < 1.29 is 4.79 Å². The van der Waals surface area contributed by atoms with E-state index in [9.17, 15) is 4.79 Å². The molecule has 2 aromatic rings. The molecule has 0 fully saturated rings. The van der Waals surface area contributed by atoms with Gasteiger partial charge in [0.05, 0.1) is 18.1 Å². The minimum Gasteiger partial charge on any atom is -0.369 e. The third-order valence-electron chi connectivity index (χ3n) is 3.12. The van der Waals surface area contributed by atoms with Gasteiger partial charge in [0.1, 0.15) is 5.01 Å². The van der Waals surface area contributed by atoms with Gasteiger partial charge in [0, 0.05) is 17.5 Å². The molecule has 0 atom stereocenters. The fraction of sp³-hybridized carbons (Fsp3) is 0.333. The summed E-state index contributed by atoms with van der Waals surface area (Å²) in [5.74, 6) is 0.137. The zero-order valence-corrected chi connectivity index (χ0v) is 13.5. The predicted molar refractivity (Wildman–Crippen MR) is 87.3 cm³/mol. The molecule has 0 aliphatic rings. The summed E-state index contributed by atoms with van der Waals surface area (Å²) in [6, 6.07) is 8.20. The number of amides is 1. The summed E-state index contributed by atoms with van der Waals surface area (Å²) in [7, 11) is 0. The molecule has 1 aromatic carbocycles. The van der Waals surface area contributed by atoms with E-state index in [1.165, 1.54) is 0 Å². The Morgan fingerprint density at radius 2 is 2.10 bits per heavy atom. The second-order valence-corrected chi connectivity index (χ2v) is 5.87. The van der Waals surface area contributed by atoms with Gasteiger partial charge in [-0.15, -0.1) is 22.9 Å². The number of carbonyl (C=O) groups excluding carboxylic acids is 1. The molecule has 1 aromatic heterocycles. The summed E-state index contributed by atoms with van der Waals surface area (Å²) < 4.78 is 0. The first-order valence-corrected chi connectivity index (χ1v) is 8.14. The lowest BCUT2D eigenvalue weighted by Crippen LogP contribution is -2.33. The van der Waals surface area contributed by atoms with Crippen LogP contribution in [0.25, 0.3) is 10.6 Å². The predicted octanol–water partition coefficient (Wildman–Crippen LogP) is 2.86. The van der Waals surface area contributed by atoms with Crippen molar-refractivity contribution in [1.82, 2.24) is 9.88 Å². The first-order chi connectivity index (χ1) is 10.1. The van der Waals surface area contributed by atoms with Crippen LogP contribution >= 0.6 is 22.9 Å². The second-order valence-electron chi connectivity index (χ2n) is 4.74. The molecule has 0 aliphatic heterocycles. The number of carbonyl (C=O) groups is 1. The number of hydrogen-bond donors (Lipinski definition) is 1.